The molecule has 2 rings (SSSR count). The number of carbonyl (C=O) groups excluding carboxylic acids is 1. The Labute approximate surface area is 94.7 Å². The van der Waals surface area contributed by atoms with Gasteiger partial charge in [-0.1, -0.05) is 0 Å². The molecule has 0 bridgehead atoms. The highest BCUT2D eigenvalue weighted by Gasteiger charge is 2.29. The SMILES string of the molecule is C#CC1CC(=O)N(c2ccc(NC)nc2)C1. The van der Waals surface area contributed by atoms with Crippen LogP contribution >= 0.6 is 0 Å². The van der Waals surface area contributed by atoms with Gasteiger partial charge in [0.15, 0.2) is 0 Å². The van der Waals surface area contributed by atoms with E-state index in [2.05, 4.69) is 16.2 Å². The zero-order chi connectivity index (χ0) is 11.5. The molecule has 1 saturated heterocycles. The summed E-state index contributed by atoms with van der Waals surface area (Å²) in [6.07, 6.45) is 7.45. The fraction of sp³-hybridized carbons (Fsp3) is 0.333. The number of nitrogens with one attached hydrogen (secondary N) is 1. The predicted molar refractivity (Wildman–Crippen MR) is 63.1 cm³/mol. The largest absolute Gasteiger partial charge is 0.373 e. The van der Waals surface area contributed by atoms with Crippen LogP contribution in [0.25, 0.3) is 0 Å². The number of rotatable bonds is 2. The Hall–Kier alpha value is -2.02. The minimum Gasteiger partial charge on any atom is -0.373 e. The minimum atomic E-state index is 0.0245. The molecular weight excluding hydrogens is 202 g/mol. The van der Waals surface area contributed by atoms with E-state index in [1.54, 1.807) is 18.1 Å². The Kier molecular flexibility index (Phi) is 2.78. The highest BCUT2D eigenvalue weighted by molar-refractivity contribution is 5.96. The molecule has 4 heteroatoms. The van der Waals surface area contributed by atoms with Gasteiger partial charge in [-0.05, 0) is 12.1 Å². The molecule has 0 radical (unpaired) electrons. The maximum atomic E-state index is 11.7. The standard InChI is InChI=1S/C12H13N3O/c1-3-9-6-12(16)15(8-9)10-4-5-11(13-2)14-7-10/h1,4-5,7,9H,6,8H2,2H3,(H,13,14). The lowest BCUT2D eigenvalue weighted by atomic mass is 10.1. The molecule has 0 aromatic carbocycles. The van der Waals surface area contributed by atoms with E-state index < -0.39 is 0 Å². The van der Waals surface area contributed by atoms with Crippen LogP contribution in [0.1, 0.15) is 6.42 Å². The maximum absolute atomic E-state index is 11.7. The van der Waals surface area contributed by atoms with Crippen molar-refractivity contribution >= 4 is 17.4 Å². The van der Waals surface area contributed by atoms with Gasteiger partial charge in [0.05, 0.1) is 11.9 Å². The molecule has 1 fully saturated rings. The molecule has 0 saturated carbocycles. The summed E-state index contributed by atoms with van der Waals surface area (Å²) in [5, 5.41) is 2.93. The minimum absolute atomic E-state index is 0.0245. The lowest BCUT2D eigenvalue weighted by Gasteiger charge is -2.15. The highest BCUT2D eigenvalue weighted by Crippen LogP contribution is 2.24. The zero-order valence-electron chi connectivity index (χ0n) is 9.10. The number of carbonyl (C=O) groups is 1. The van der Waals surface area contributed by atoms with Crippen molar-refractivity contribution in [3.05, 3.63) is 18.3 Å². The molecule has 4 nitrogen and oxygen atoms in total. The van der Waals surface area contributed by atoms with Crippen molar-refractivity contribution in [2.24, 2.45) is 5.92 Å². The number of terminal acetylenes is 1. The van der Waals surface area contributed by atoms with Crippen LogP contribution in [-0.4, -0.2) is 24.5 Å². The molecule has 1 aromatic rings. The second-order valence-electron chi connectivity index (χ2n) is 3.72. The average Bonchev–Trinajstić information content (AvgIpc) is 2.71. The van der Waals surface area contributed by atoms with E-state index in [0.29, 0.717) is 13.0 Å². The summed E-state index contributed by atoms with van der Waals surface area (Å²) in [6, 6.07) is 3.71. The summed E-state index contributed by atoms with van der Waals surface area (Å²) in [5.41, 5.74) is 0.807. The molecule has 0 spiro atoms. The number of hydrogen-bond acceptors (Lipinski definition) is 3. The third kappa shape index (κ3) is 1.84. The van der Waals surface area contributed by atoms with Crippen molar-refractivity contribution in [2.75, 3.05) is 23.8 Å². The van der Waals surface area contributed by atoms with Gasteiger partial charge in [-0.3, -0.25) is 4.79 Å². The number of pyridine rings is 1. The van der Waals surface area contributed by atoms with E-state index in [1.807, 2.05) is 12.1 Å². The molecule has 1 unspecified atom stereocenters. The van der Waals surface area contributed by atoms with Crippen LogP contribution in [0.4, 0.5) is 11.5 Å². The zero-order valence-corrected chi connectivity index (χ0v) is 9.10. The van der Waals surface area contributed by atoms with Gasteiger partial charge >= 0.3 is 0 Å². The molecule has 2 heterocycles. The maximum Gasteiger partial charge on any atom is 0.228 e. The molecule has 1 atom stereocenters. The molecule has 1 aliphatic heterocycles. The molecule has 1 aromatic heterocycles. The summed E-state index contributed by atoms with van der Waals surface area (Å²) in [5.74, 6) is 3.50. The average molecular weight is 215 g/mol. The first-order valence-electron chi connectivity index (χ1n) is 5.15. The monoisotopic (exact) mass is 215 g/mol. The van der Waals surface area contributed by atoms with E-state index in [1.165, 1.54) is 0 Å². The van der Waals surface area contributed by atoms with Crippen molar-refractivity contribution in [1.29, 1.82) is 0 Å². The normalized spacial score (nSPS) is 19.6. The van der Waals surface area contributed by atoms with Crippen molar-refractivity contribution in [1.82, 2.24) is 4.98 Å². The Morgan fingerprint density at radius 2 is 2.44 bits per heavy atom. The van der Waals surface area contributed by atoms with Crippen LogP contribution in [0, 0.1) is 18.3 Å². The molecule has 1 N–H and O–H groups in total. The van der Waals surface area contributed by atoms with Gasteiger partial charge in [-0.25, -0.2) is 4.98 Å². The number of anilines is 2. The summed E-state index contributed by atoms with van der Waals surface area (Å²) < 4.78 is 0. The van der Waals surface area contributed by atoms with Gasteiger partial charge in [0.1, 0.15) is 5.82 Å². The van der Waals surface area contributed by atoms with Crippen LogP contribution in [0.15, 0.2) is 18.3 Å². The number of amides is 1. The third-order valence-corrected chi connectivity index (χ3v) is 2.68. The Morgan fingerprint density at radius 3 is 2.94 bits per heavy atom. The van der Waals surface area contributed by atoms with E-state index in [-0.39, 0.29) is 11.8 Å². The Balaban J connectivity index is 2.18. The van der Waals surface area contributed by atoms with E-state index >= 15 is 0 Å². The van der Waals surface area contributed by atoms with E-state index in [4.69, 9.17) is 6.42 Å². The van der Waals surface area contributed by atoms with Crippen LogP contribution in [0.3, 0.4) is 0 Å². The van der Waals surface area contributed by atoms with Crippen molar-refractivity contribution in [3.63, 3.8) is 0 Å². The van der Waals surface area contributed by atoms with Crippen LogP contribution < -0.4 is 10.2 Å². The van der Waals surface area contributed by atoms with Crippen LogP contribution in [-0.2, 0) is 4.79 Å². The second-order valence-corrected chi connectivity index (χ2v) is 3.72. The molecule has 82 valence electrons. The fourth-order valence-electron chi connectivity index (χ4n) is 1.76. The highest BCUT2D eigenvalue weighted by atomic mass is 16.2. The number of aromatic nitrogens is 1. The van der Waals surface area contributed by atoms with Gasteiger partial charge in [0.2, 0.25) is 5.91 Å². The van der Waals surface area contributed by atoms with Gasteiger partial charge in [0, 0.05) is 25.9 Å². The molecule has 1 aliphatic rings. The number of nitrogens with zero attached hydrogens (tertiary/aromatic N) is 2. The van der Waals surface area contributed by atoms with E-state index in [9.17, 15) is 4.79 Å². The lowest BCUT2D eigenvalue weighted by Crippen LogP contribution is -2.24. The summed E-state index contributed by atoms with van der Waals surface area (Å²) in [7, 11) is 1.80. The summed E-state index contributed by atoms with van der Waals surface area (Å²) >= 11 is 0. The predicted octanol–water partition coefficient (Wildman–Crippen LogP) is 1.11. The van der Waals surface area contributed by atoms with Gasteiger partial charge in [0.25, 0.3) is 0 Å². The van der Waals surface area contributed by atoms with Gasteiger partial charge in [-0.2, -0.15) is 0 Å². The van der Waals surface area contributed by atoms with Gasteiger partial charge < -0.3 is 10.2 Å². The molecule has 0 aliphatic carbocycles. The Bertz CT molecular complexity index is 433. The van der Waals surface area contributed by atoms with Gasteiger partial charge in [-0.15, -0.1) is 12.3 Å². The number of hydrogen-bond donors (Lipinski definition) is 1. The Morgan fingerprint density at radius 1 is 1.62 bits per heavy atom. The van der Waals surface area contributed by atoms with E-state index in [0.717, 1.165) is 11.5 Å². The fourth-order valence-corrected chi connectivity index (χ4v) is 1.76. The van der Waals surface area contributed by atoms with Crippen molar-refractivity contribution < 1.29 is 4.79 Å². The third-order valence-electron chi connectivity index (χ3n) is 2.68. The lowest BCUT2D eigenvalue weighted by molar-refractivity contribution is -0.117. The first-order valence-corrected chi connectivity index (χ1v) is 5.15. The first-order chi connectivity index (χ1) is 7.74. The summed E-state index contributed by atoms with van der Waals surface area (Å²) in [6.45, 7) is 0.593. The van der Waals surface area contributed by atoms with Crippen LogP contribution in [0.2, 0.25) is 0 Å². The quantitative estimate of drug-likeness (QED) is 0.752. The summed E-state index contributed by atoms with van der Waals surface area (Å²) in [4.78, 5) is 17.5. The second kappa shape index (κ2) is 4.23. The van der Waals surface area contributed by atoms with Crippen LogP contribution in [0.5, 0.6) is 0 Å². The van der Waals surface area contributed by atoms with Crippen molar-refractivity contribution in [2.45, 2.75) is 6.42 Å². The smallest absolute Gasteiger partial charge is 0.228 e. The first kappa shape index (κ1) is 10.5. The topological polar surface area (TPSA) is 45.2 Å². The van der Waals surface area contributed by atoms with Crippen molar-refractivity contribution in [3.8, 4) is 12.3 Å². The molecule has 1 amide bonds. The molecular formula is C12H13N3O. The molecule has 16 heavy (non-hydrogen) atoms.